The van der Waals surface area contributed by atoms with E-state index in [0.29, 0.717) is 37.5 Å². The summed E-state index contributed by atoms with van der Waals surface area (Å²) in [6, 6.07) is 4.07. The van der Waals surface area contributed by atoms with Crippen LogP contribution in [0.4, 0.5) is 5.69 Å². The fourth-order valence-corrected chi connectivity index (χ4v) is 5.23. The van der Waals surface area contributed by atoms with Gasteiger partial charge in [0.2, 0.25) is 21.8 Å². The predicted molar refractivity (Wildman–Crippen MR) is 100.0 cm³/mol. The minimum Gasteiger partial charge on any atom is -0.383 e. The molecule has 1 saturated heterocycles. The molecule has 0 bridgehead atoms. The Bertz CT molecular complexity index is 833. The Balaban J connectivity index is 1.86. The van der Waals surface area contributed by atoms with Crippen molar-refractivity contribution in [2.24, 2.45) is 0 Å². The van der Waals surface area contributed by atoms with E-state index < -0.39 is 16.1 Å². The van der Waals surface area contributed by atoms with Crippen molar-refractivity contribution in [3.05, 3.63) is 23.8 Å². The molecule has 8 nitrogen and oxygen atoms in total. The van der Waals surface area contributed by atoms with Crippen LogP contribution in [0.15, 0.2) is 23.1 Å². The molecule has 2 amide bonds. The maximum atomic E-state index is 12.8. The lowest BCUT2D eigenvalue weighted by molar-refractivity contribution is -0.125. The number of benzene rings is 1. The average molecular weight is 395 g/mol. The Labute approximate surface area is 159 Å². The highest BCUT2D eigenvalue weighted by Gasteiger charge is 2.38. The van der Waals surface area contributed by atoms with Crippen LogP contribution < -0.4 is 10.2 Å². The van der Waals surface area contributed by atoms with Gasteiger partial charge in [0.05, 0.1) is 11.5 Å². The van der Waals surface area contributed by atoms with E-state index in [2.05, 4.69) is 5.32 Å². The first-order valence-electron chi connectivity index (χ1n) is 9.06. The van der Waals surface area contributed by atoms with Gasteiger partial charge >= 0.3 is 0 Å². The van der Waals surface area contributed by atoms with Gasteiger partial charge in [-0.3, -0.25) is 14.5 Å². The Morgan fingerprint density at radius 3 is 2.59 bits per heavy atom. The first-order valence-corrected chi connectivity index (χ1v) is 10.5. The summed E-state index contributed by atoms with van der Waals surface area (Å²) in [6.45, 7) is 3.19. The minimum absolute atomic E-state index is 0.215. The zero-order valence-electron chi connectivity index (χ0n) is 15.6. The highest BCUT2D eigenvalue weighted by Crippen LogP contribution is 2.35. The molecule has 1 aromatic rings. The Hall–Kier alpha value is -1.97. The summed E-state index contributed by atoms with van der Waals surface area (Å²) < 4.78 is 32.0. The van der Waals surface area contributed by atoms with Crippen molar-refractivity contribution in [1.82, 2.24) is 9.62 Å². The second kappa shape index (κ2) is 7.95. The molecule has 148 valence electrons. The van der Waals surface area contributed by atoms with Crippen LogP contribution in [0.1, 0.15) is 25.3 Å². The standard InChI is InChI=1S/C18H25N3O5S/c1-13(22)21-16-6-5-15(27(24,25)20-8-3-4-9-20)11-14(16)12-17(21)18(23)19-7-10-26-2/h5-6,11,17H,3-4,7-10,12H2,1-2H3,(H,19,23)/t17-/m1/s1. The third-order valence-electron chi connectivity index (χ3n) is 4.99. The van der Waals surface area contributed by atoms with E-state index in [-0.39, 0.29) is 23.1 Å². The van der Waals surface area contributed by atoms with Crippen LogP contribution in [0, 0.1) is 0 Å². The molecule has 2 aliphatic rings. The third-order valence-corrected chi connectivity index (χ3v) is 6.88. The summed E-state index contributed by atoms with van der Waals surface area (Å²) >= 11 is 0. The summed E-state index contributed by atoms with van der Waals surface area (Å²) in [6.07, 6.45) is 2.02. The maximum Gasteiger partial charge on any atom is 0.243 e. The van der Waals surface area contributed by atoms with Gasteiger partial charge in [0, 0.05) is 45.8 Å². The molecule has 0 radical (unpaired) electrons. The number of nitrogens with one attached hydrogen (secondary N) is 1. The van der Waals surface area contributed by atoms with Crippen LogP contribution in [0.5, 0.6) is 0 Å². The largest absolute Gasteiger partial charge is 0.383 e. The fourth-order valence-electron chi connectivity index (χ4n) is 3.66. The van der Waals surface area contributed by atoms with Crippen molar-refractivity contribution < 1.29 is 22.7 Å². The molecule has 9 heteroatoms. The summed E-state index contributed by atoms with van der Waals surface area (Å²) in [7, 11) is -2.00. The van der Waals surface area contributed by atoms with E-state index in [4.69, 9.17) is 4.74 Å². The fraction of sp³-hybridized carbons (Fsp3) is 0.556. The van der Waals surface area contributed by atoms with Crippen molar-refractivity contribution in [2.45, 2.75) is 37.1 Å². The third kappa shape index (κ3) is 3.85. The zero-order chi connectivity index (χ0) is 19.6. The monoisotopic (exact) mass is 395 g/mol. The van der Waals surface area contributed by atoms with Gasteiger partial charge in [-0.25, -0.2) is 8.42 Å². The van der Waals surface area contributed by atoms with E-state index in [0.717, 1.165) is 12.8 Å². The minimum atomic E-state index is -3.54. The quantitative estimate of drug-likeness (QED) is 0.708. The number of carbonyl (C=O) groups is 2. The molecule has 2 aliphatic heterocycles. The molecule has 0 unspecified atom stereocenters. The van der Waals surface area contributed by atoms with E-state index in [1.165, 1.54) is 22.2 Å². The molecular weight excluding hydrogens is 370 g/mol. The van der Waals surface area contributed by atoms with Gasteiger partial charge in [-0.1, -0.05) is 0 Å². The highest BCUT2D eigenvalue weighted by atomic mass is 32.2. The molecule has 1 aromatic carbocycles. The maximum absolute atomic E-state index is 12.8. The number of nitrogens with zero attached hydrogens (tertiary/aromatic N) is 2. The Morgan fingerprint density at radius 2 is 1.96 bits per heavy atom. The number of methoxy groups -OCH3 is 1. The number of carbonyl (C=O) groups excluding carboxylic acids is 2. The number of sulfonamides is 1. The van der Waals surface area contributed by atoms with Crippen molar-refractivity contribution in [1.29, 1.82) is 0 Å². The molecule has 3 rings (SSSR count). The molecule has 1 fully saturated rings. The van der Waals surface area contributed by atoms with Crippen molar-refractivity contribution >= 4 is 27.5 Å². The van der Waals surface area contributed by atoms with E-state index in [1.807, 2.05) is 0 Å². The molecule has 2 heterocycles. The van der Waals surface area contributed by atoms with Crippen LogP contribution in [-0.4, -0.2) is 63.9 Å². The first kappa shape index (κ1) is 19.8. The molecule has 0 aliphatic carbocycles. The number of anilines is 1. The molecule has 27 heavy (non-hydrogen) atoms. The number of ether oxygens (including phenoxy) is 1. The van der Waals surface area contributed by atoms with Crippen molar-refractivity contribution in [3.63, 3.8) is 0 Å². The van der Waals surface area contributed by atoms with Gasteiger partial charge < -0.3 is 10.1 Å². The van der Waals surface area contributed by atoms with Gasteiger partial charge in [-0.2, -0.15) is 4.31 Å². The number of hydrogen-bond acceptors (Lipinski definition) is 5. The van der Waals surface area contributed by atoms with Gasteiger partial charge in [0.15, 0.2) is 0 Å². The second-order valence-corrected chi connectivity index (χ2v) is 8.73. The van der Waals surface area contributed by atoms with Gasteiger partial charge in [-0.05, 0) is 36.6 Å². The summed E-state index contributed by atoms with van der Waals surface area (Å²) in [5, 5.41) is 2.75. The zero-order valence-corrected chi connectivity index (χ0v) is 16.4. The molecule has 0 spiro atoms. The molecule has 0 saturated carbocycles. The lowest BCUT2D eigenvalue weighted by atomic mass is 10.1. The van der Waals surface area contributed by atoms with Gasteiger partial charge in [0.1, 0.15) is 6.04 Å². The molecule has 0 aromatic heterocycles. The molecule has 1 N–H and O–H groups in total. The average Bonchev–Trinajstić information content (AvgIpc) is 3.29. The SMILES string of the molecule is COCCNC(=O)[C@H]1Cc2cc(S(=O)(=O)N3CCCC3)ccc2N1C(C)=O. The van der Waals surface area contributed by atoms with E-state index in [9.17, 15) is 18.0 Å². The highest BCUT2D eigenvalue weighted by molar-refractivity contribution is 7.89. The van der Waals surface area contributed by atoms with E-state index in [1.54, 1.807) is 19.2 Å². The number of fused-ring (bicyclic) bond motifs is 1. The number of hydrogen-bond donors (Lipinski definition) is 1. The lowest BCUT2D eigenvalue weighted by Gasteiger charge is -2.23. The van der Waals surface area contributed by atoms with Crippen LogP contribution in [-0.2, 0) is 30.8 Å². The number of rotatable bonds is 6. The Kier molecular flexibility index (Phi) is 5.83. The Morgan fingerprint density at radius 1 is 1.26 bits per heavy atom. The lowest BCUT2D eigenvalue weighted by Crippen LogP contribution is -2.48. The summed E-state index contributed by atoms with van der Waals surface area (Å²) in [5.74, 6) is -0.529. The second-order valence-electron chi connectivity index (χ2n) is 6.79. The van der Waals surface area contributed by atoms with Crippen LogP contribution in [0.25, 0.3) is 0 Å². The van der Waals surface area contributed by atoms with Crippen LogP contribution >= 0.6 is 0 Å². The number of amides is 2. The molecule has 1 atom stereocenters. The normalized spacial score (nSPS) is 19.9. The van der Waals surface area contributed by atoms with Gasteiger partial charge in [0.25, 0.3) is 0 Å². The van der Waals surface area contributed by atoms with Crippen LogP contribution in [0.3, 0.4) is 0 Å². The van der Waals surface area contributed by atoms with E-state index >= 15 is 0 Å². The summed E-state index contributed by atoms with van der Waals surface area (Å²) in [4.78, 5) is 26.3. The van der Waals surface area contributed by atoms with Crippen molar-refractivity contribution in [2.75, 3.05) is 38.3 Å². The molecular formula is C18H25N3O5S. The first-order chi connectivity index (χ1) is 12.9. The topological polar surface area (TPSA) is 96.0 Å². The summed E-state index contributed by atoms with van der Waals surface area (Å²) in [5.41, 5.74) is 1.28. The van der Waals surface area contributed by atoms with Gasteiger partial charge in [-0.15, -0.1) is 0 Å². The van der Waals surface area contributed by atoms with Crippen LogP contribution in [0.2, 0.25) is 0 Å². The van der Waals surface area contributed by atoms with Crippen molar-refractivity contribution in [3.8, 4) is 0 Å². The predicted octanol–water partition coefficient (Wildman–Crippen LogP) is 0.511. The smallest absolute Gasteiger partial charge is 0.243 e.